The highest BCUT2D eigenvalue weighted by atomic mass is 14.3. The third-order valence-electron chi connectivity index (χ3n) is 22.6. The van der Waals surface area contributed by atoms with Gasteiger partial charge in [0.25, 0.3) is 0 Å². The van der Waals surface area contributed by atoms with E-state index in [2.05, 4.69) is 400 Å². The second-order valence-electron chi connectivity index (χ2n) is 28.4. The van der Waals surface area contributed by atoms with Crippen LogP contribution >= 0.6 is 0 Å². The fourth-order valence-corrected chi connectivity index (χ4v) is 17.9. The van der Waals surface area contributed by atoms with Crippen molar-refractivity contribution in [2.24, 2.45) is 0 Å². The fraction of sp³-hybridized carbons (Fsp3) is 0. The van der Waals surface area contributed by atoms with Gasteiger partial charge in [-0.1, -0.05) is 364 Å². The first-order valence-corrected chi connectivity index (χ1v) is 36.9. The van der Waals surface area contributed by atoms with Gasteiger partial charge < -0.3 is 0 Å². The molecule has 21 aromatic rings. The molecule has 0 bridgehead atoms. The van der Waals surface area contributed by atoms with Gasteiger partial charge >= 0.3 is 0 Å². The number of hydrogen-bond donors (Lipinski definition) is 0. The fourth-order valence-electron chi connectivity index (χ4n) is 17.9. The monoisotopic (exact) mass is 1340 g/mol. The van der Waals surface area contributed by atoms with Gasteiger partial charge in [-0.3, -0.25) is 0 Å². The minimum atomic E-state index is 1.15. The van der Waals surface area contributed by atoms with Crippen LogP contribution in [-0.4, -0.2) is 0 Å². The molecular weight excluding hydrogens is 1270 g/mol. The Bertz CT molecular complexity index is 6520. The van der Waals surface area contributed by atoms with E-state index in [0.717, 1.165) is 33.4 Å². The van der Waals surface area contributed by atoms with E-state index in [1.54, 1.807) is 0 Å². The van der Waals surface area contributed by atoms with Crippen LogP contribution in [0.25, 0.3) is 219 Å². The first-order valence-electron chi connectivity index (χ1n) is 36.9. The standard InChI is InChI=1S/C106H66/c1-7-37-79-67(25-1)31-17-47-85(79)73-61-75(87-57-59-101(91-51-21-35-71-29-5-11-41-83(71)91)105-93(87)53-23-55-95(105)89-49-19-33-69-27-3-9-39-81(69)89)65-77(63-73)103-97-43-13-15-45-99(97)104(100-46-16-14-44-98(100)103)78-64-74(86-48-18-32-68-26-2-8-38-80(68)86)62-76(66-78)88-58-60-102(92-52-22-36-72-30-6-12-42-84(72)92)106-94(88)54-24-56-96(106)90-50-20-34-70-28-4-10-40-82(70)90/h1-66H. The summed E-state index contributed by atoms with van der Waals surface area (Å²) in [6, 6.07) is 151. The van der Waals surface area contributed by atoms with Crippen LogP contribution in [0.1, 0.15) is 0 Å². The van der Waals surface area contributed by atoms with E-state index in [0.29, 0.717) is 0 Å². The van der Waals surface area contributed by atoms with Gasteiger partial charge in [0, 0.05) is 0 Å². The molecule has 0 saturated carbocycles. The summed E-state index contributed by atoms with van der Waals surface area (Å²) in [5.74, 6) is 0. The summed E-state index contributed by atoms with van der Waals surface area (Å²) >= 11 is 0. The molecule has 0 N–H and O–H groups in total. The summed E-state index contributed by atoms with van der Waals surface area (Å²) in [5.41, 5.74) is 23.8. The Morgan fingerprint density at radius 1 is 0.104 bits per heavy atom. The Morgan fingerprint density at radius 3 is 0.557 bits per heavy atom. The molecule has 0 amide bonds. The minimum Gasteiger partial charge on any atom is -0.0616 e. The lowest BCUT2D eigenvalue weighted by Crippen LogP contribution is -1.95. The smallest absolute Gasteiger partial charge is 0.00201 e. The van der Waals surface area contributed by atoms with Gasteiger partial charge in [0.15, 0.2) is 0 Å². The topological polar surface area (TPSA) is 0 Å². The molecule has 0 fully saturated rings. The highest BCUT2D eigenvalue weighted by Crippen LogP contribution is 2.52. The Hall–Kier alpha value is -13.8. The molecular formula is C106H66. The van der Waals surface area contributed by atoms with Gasteiger partial charge in [0.1, 0.15) is 0 Å². The highest BCUT2D eigenvalue weighted by Gasteiger charge is 2.25. The van der Waals surface area contributed by atoms with E-state index in [1.807, 2.05) is 0 Å². The van der Waals surface area contributed by atoms with Crippen LogP contribution in [0.3, 0.4) is 0 Å². The third kappa shape index (κ3) is 9.98. The van der Waals surface area contributed by atoms with E-state index in [1.165, 1.54) is 186 Å². The molecule has 0 aliphatic rings. The summed E-state index contributed by atoms with van der Waals surface area (Å²) in [7, 11) is 0. The average molecular weight is 1340 g/mol. The van der Waals surface area contributed by atoms with Crippen molar-refractivity contribution in [1.82, 2.24) is 0 Å². The lowest BCUT2D eigenvalue weighted by Gasteiger charge is -2.22. The summed E-state index contributed by atoms with van der Waals surface area (Å²) in [5, 5.41) is 24.3. The Kier molecular flexibility index (Phi) is 14.4. The molecule has 0 atom stereocenters. The van der Waals surface area contributed by atoms with Crippen LogP contribution in [0.4, 0.5) is 0 Å². The molecule has 0 spiro atoms. The Balaban J connectivity index is 0.830. The lowest BCUT2D eigenvalue weighted by atomic mass is 9.81. The zero-order chi connectivity index (χ0) is 69.8. The summed E-state index contributed by atoms with van der Waals surface area (Å²) in [4.78, 5) is 0. The van der Waals surface area contributed by atoms with Crippen molar-refractivity contribution in [3.8, 4) is 111 Å². The maximum atomic E-state index is 2.50. The quantitative estimate of drug-likeness (QED) is 0.120. The van der Waals surface area contributed by atoms with Crippen LogP contribution in [0, 0.1) is 0 Å². The van der Waals surface area contributed by atoms with E-state index in [4.69, 9.17) is 0 Å². The SMILES string of the molecule is c1ccc2c(-c3cc(-c4c5ccccc5c(-c5cc(-c6cccc7ccccc67)cc(-c6ccc(-c7cccc8ccccc78)c7c(-c8cccc9ccccc89)cccc67)c5)c5ccccc45)cc(-c4ccc(-c5cccc6ccccc56)c5c(-c6cccc7ccccc67)cccc45)c3)cccc2c1. The molecule has 0 aromatic heterocycles. The molecule has 106 heavy (non-hydrogen) atoms. The summed E-state index contributed by atoms with van der Waals surface area (Å²) in [6.45, 7) is 0. The lowest BCUT2D eigenvalue weighted by molar-refractivity contribution is 1.60. The van der Waals surface area contributed by atoms with Crippen LogP contribution in [-0.2, 0) is 0 Å². The van der Waals surface area contributed by atoms with Crippen molar-refractivity contribution < 1.29 is 0 Å². The van der Waals surface area contributed by atoms with Crippen molar-refractivity contribution in [3.63, 3.8) is 0 Å². The van der Waals surface area contributed by atoms with E-state index in [9.17, 15) is 0 Å². The van der Waals surface area contributed by atoms with Crippen molar-refractivity contribution in [2.45, 2.75) is 0 Å². The van der Waals surface area contributed by atoms with Gasteiger partial charge in [-0.15, -0.1) is 0 Å². The van der Waals surface area contributed by atoms with Gasteiger partial charge in [-0.05, 0) is 255 Å². The number of hydrogen-bond acceptors (Lipinski definition) is 0. The van der Waals surface area contributed by atoms with Gasteiger partial charge in [0.2, 0.25) is 0 Å². The Morgan fingerprint density at radius 2 is 0.274 bits per heavy atom. The molecule has 0 aliphatic heterocycles. The van der Waals surface area contributed by atoms with Crippen LogP contribution in [0.15, 0.2) is 400 Å². The molecule has 0 saturated heterocycles. The van der Waals surface area contributed by atoms with Gasteiger partial charge in [-0.2, -0.15) is 0 Å². The molecule has 0 radical (unpaired) electrons. The molecule has 21 aromatic carbocycles. The first-order chi connectivity index (χ1) is 52.6. The average Bonchev–Trinajstić information content (AvgIpc) is 0.726. The number of fused-ring (bicyclic) bond motifs is 10. The van der Waals surface area contributed by atoms with Crippen molar-refractivity contribution >= 4 is 108 Å². The minimum absolute atomic E-state index is 1.15. The van der Waals surface area contributed by atoms with Crippen molar-refractivity contribution in [2.75, 3.05) is 0 Å². The van der Waals surface area contributed by atoms with Crippen molar-refractivity contribution in [1.29, 1.82) is 0 Å². The molecule has 0 unspecified atom stereocenters. The molecule has 0 aliphatic carbocycles. The Labute approximate surface area is 615 Å². The highest BCUT2D eigenvalue weighted by molar-refractivity contribution is 6.24. The van der Waals surface area contributed by atoms with Crippen molar-refractivity contribution in [3.05, 3.63) is 400 Å². The summed E-state index contributed by atoms with van der Waals surface area (Å²) < 4.78 is 0. The summed E-state index contributed by atoms with van der Waals surface area (Å²) in [6.07, 6.45) is 0. The number of rotatable bonds is 10. The van der Waals surface area contributed by atoms with Crippen LogP contribution < -0.4 is 0 Å². The normalized spacial score (nSPS) is 11.8. The van der Waals surface area contributed by atoms with E-state index in [-0.39, 0.29) is 0 Å². The van der Waals surface area contributed by atoms with Crippen LogP contribution in [0.5, 0.6) is 0 Å². The molecule has 21 rings (SSSR count). The maximum absolute atomic E-state index is 2.50. The molecule has 0 heterocycles. The van der Waals surface area contributed by atoms with Crippen LogP contribution in [0.2, 0.25) is 0 Å². The van der Waals surface area contributed by atoms with Gasteiger partial charge in [-0.25, -0.2) is 0 Å². The first kappa shape index (κ1) is 60.9. The van der Waals surface area contributed by atoms with Gasteiger partial charge in [0.05, 0.1) is 0 Å². The van der Waals surface area contributed by atoms with E-state index >= 15 is 0 Å². The molecule has 490 valence electrons. The third-order valence-corrected chi connectivity index (χ3v) is 22.6. The maximum Gasteiger partial charge on any atom is -0.00201 e. The number of benzene rings is 21. The van der Waals surface area contributed by atoms with E-state index < -0.39 is 0 Å². The molecule has 0 heteroatoms. The molecule has 0 nitrogen and oxygen atoms in total. The predicted octanol–water partition coefficient (Wildman–Crippen LogP) is 29.9. The zero-order valence-corrected chi connectivity index (χ0v) is 58.1. The largest absolute Gasteiger partial charge is 0.0616 e. The second-order valence-corrected chi connectivity index (χ2v) is 28.4. The second kappa shape index (κ2) is 25.0. The zero-order valence-electron chi connectivity index (χ0n) is 58.1. The predicted molar refractivity (Wildman–Crippen MR) is 456 cm³/mol.